The van der Waals surface area contributed by atoms with Gasteiger partial charge in [0, 0.05) is 48.3 Å². The Hall–Kier alpha value is -4.14. The highest BCUT2D eigenvalue weighted by atomic mass is 16.5. The van der Waals surface area contributed by atoms with Crippen molar-refractivity contribution in [3.63, 3.8) is 0 Å². The summed E-state index contributed by atoms with van der Waals surface area (Å²) in [7, 11) is 3.18. The van der Waals surface area contributed by atoms with Gasteiger partial charge >= 0.3 is 0 Å². The van der Waals surface area contributed by atoms with Gasteiger partial charge in [-0.15, -0.1) is 0 Å². The predicted molar refractivity (Wildman–Crippen MR) is 131 cm³/mol. The van der Waals surface area contributed by atoms with Crippen molar-refractivity contribution < 1.29 is 9.53 Å². The fourth-order valence-electron chi connectivity index (χ4n) is 3.83. The molecule has 0 bridgehead atoms. The molecule has 3 heterocycles. The lowest BCUT2D eigenvalue weighted by Crippen LogP contribution is -2.31. The average molecular weight is 458 g/mol. The number of hydrogen-bond donors (Lipinski definition) is 2. The Morgan fingerprint density at radius 3 is 2.59 bits per heavy atom. The standard InChI is InChI=1S/C25H27N7O2/c1-5-25(2,18-8-6-7-17-22(18)31-15-32-23(17)24(33)26-3)13-28-20-11-19(29-14-30-20)16-9-10-21(34-4)27-12-16/h6-12,14-15H,5,13H2,1-4H3,(H,26,33)(H,28,29,30). The molecular formula is C25H27N7O2. The molecule has 1 unspecified atom stereocenters. The number of nitrogens with zero attached hydrogens (tertiary/aromatic N) is 5. The number of rotatable bonds is 8. The topological polar surface area (TPSA) is 115 Å². The summed E-state index contributed by atoms with van der Waals surface area (Å²) in [6, 6.07) is 11.5. The molecule has 0 aliphatic carbocycles. The number of ether oxygens (including phenoxy) is 1. The quantitative estimate of drug-likeness (QED) is 0.412. The van der Waals surface area contributed by atoms with Crippen LogP contribution < -0.4 is 15.4 Å². The van der Waals surface area contributed by atoms with Gasteiger partial charge in [0.2, 0.25) is 5.88 Å². The van der Waals surface area contributed by atoms with Crippen LogP contribution in [-0.4, -0.2) is 51.5 Å². The van der Waals surface area contributed by atoms with Crippen molar-refractivity contribution in [1.29, 1.82) is 0 Å². The Kier molecular flexibility index (Phi) is 6.62. The SMILES string of the molecule is CCC(C)(CNc1cc(-c2ccc(OC)nc2)ncn1)c1cccc2c(C(=O)NC)ncnc12. The van der Waals surface area contributed by atoms with E-state index in [0.29, 0.717) is 23.9 Å². The summed E-state index contributed by atoms with van der Waals surface area (Å²) in [5, 5.41) is 6.84. The number of methoxy groups -OCH3 is 1. The van der Waals surface area contributed by atoms with Crippen LogP contribution in [0.4, 0.5) is 5.82 Å². The van der Waals surface area contributed by atoms with Gasteiger partial charge in [-0.2, -0.15) is 0 Å². The summed E-state index contributed by atoms with van der Waals surface area (Å²) < 4.78 is 5.13. The third-order valence-corrected chi connectivity index (χ3v) is 6.11. The maximum atomic E-state index is 12.3. The molecule has 3 aromatic heterocycles. The van der Waals surface area contributed by atoms with E-state index in [4.69, 9.17) is 4.74 Å². The number of carbonyl (C=O) groups is 1. The second-order valence-electron chi connectivity index (χ2n) is 8.15. The monoisotopic (exact) mass is 457 g/mol. The van der Waals surface area contributed by atoms with Crippen molar-refractivity contribution in [3.8, 4) is 17.1 Å². The molecule has 9 heteroatoms. The molecule has 34 heavy (non-hydrogen) atoms. The molecule has 0 aliphatic heterocycles. The van der Waals surface area contributed by atoms with Crippen LogP contribution in [0.3, 0.4) is 0 Å². The highest BCUT2D eigenvalue weighted by molar-refractivity contribution is 6.04. The Bertz CT molecular complexity index is 1310. The molecule has 4 rings (SSSR count). The number of pyridine rings is 1. The van der Waals surface area contributed by atoms with Crippen LogP contribution in [0.25, 0.3) is 22.2 Å². The summed E-state index contributed by atoms with van der Waals surface area (Å²) in [6.07, 6.45) is 5.55. The van der Waals surface area contributed by atoms with E-state index in [2.05, 4.69) is 55.5 Å². The molecule has 0 aliphatic rings. The van der Waals surface area contributed by atoms with Gasteiger partial charge in [-0.05, 0) is 18.1 Å². The summed E-state index contributed by atoms with van der Waals surface area (Å²) in [5.74, 6) is 1.03. The molecule has 0 saturated heterocycles. The van der Waals surface area contributed by atoms with Gasteiger partial charge in [0.25, 0.3) is 5.91 Å². The molecule has 0 saturated carbocycles. The minimum atomic E-state index is -0.277. The maximum absolute atomic E-state index is 12.3. The van der Waals surface area contributed by atoms with E-state index < -0.39 is 0 Å². The fourth-order valence-corrected chi connectivity index (χ4v) is 3.83. The van der Waals surface area contributed by atoms with Crippen LogP contribution in [0, 0.1) is 0 Å². The first-order valence-electron chi connectivity index (χ1n) is 11.0. The number of anilines is 1. The smallest absolute Gasteiger partial charge is 0.270 e. The van der Waals surface area contributed by atoms with Crippen molar-refractivity contribution in [1.82, 2.24) is 30.2 Å². The van der Waals surface area contributed by atoms with Crippen LogP contribution in [0.5, 0.6) is 5.88 Å². The van der Waals surface area contributed by atoms with Crippen molar-refractivity contribution >= 4 is 22.6 Å². The van der Waals surface area contributed by atoms with Gasteiger partial charge in [0.15, 0.2) is 0 Å². The zero-order chi connectivity index (χ0) is 24.1. The lowest BCUT2D eigenvalue weighted by atomic mass is 9.78. The molecule has 174 valence electrons. The Balaban J connectivity index is 1.62. The van der Waals surface area contributed by atoms with Crippen molar-refractivity contribution in [2.75, 3.05) is 26.0 Å². The van der Waals surface area contributed by atoms with Crippen LogP contribution >= 0.6 is 0 Å². The zero-order valence-corrected chi connectivity index (χ0v) is 19.7. The first-order chi connectivity index (χ1) is 16.5. The minimum absolute atomic E-state index is 0.234. The van der Waals surface area contributed by atoms with E-state index in [0.717, 1.165) is 34.1 Å². The number of aromatic nitrogens is 5. The molecule has 4 aromatic rings. The summed E-state index contributed by atoms with van der Waals surface area (Å²) in [6.45, 7) is 4.92. The minimum Gasteiger partial charge on any atom is -0.481 e. The highest BCUT2D eigenvalue weighted by Crippen LogP contribution is 2.33. The first-order valence-corrected chi connectivity index (χ1v) is 11.0. The zero-order valence-electron chi connectivity index (χ0n) is 19.7. The fraction of sp³-hybridized carbons (Fsp3) is 0.280. The number of nitrogens with one attached hydrogen (secondary N) is 2. The molecule has 0 spiro atoms. The van der Waals surface area contributed by atoms with Gasteiger partial charge in [0.1, 0.15) is 24.2 Å². The summed E-state index contributed by atoms with van der Waals surface area (Å²) in [4.78, 5) is 34.1. The van der Waals surface area contributed by atoms with Gasteiger partial charge in [-0.25, -0.2) is 24.9 Å². The predicted octanol–water partition coefficient (Wildman–Crippen LogP) is 3.63. The third kappa shape index (κ3) is 4.50. The van der Waals surface area contributed by atoms with E-state index in [1.54, 1.807) is 26.4 Å². The summed E-state index contributed by atoms with van der Waals surface area (Å²) in [5.41, 5.74) is 3.54. The molecule has 9 nitrogen and oxygen atoms in total. The number of para-hydroxylation sites is 1. The van der Waals surface area contributed by atoms with Gasteiger partial charge in [-0.3, -0.25) is 4.79 Å². The highest BCUT2D eigenvalue weighted by Gasteiger charge is 2.28. The van der Waals surface area contributed by atoms with Crippen molar-refractivity contribution in [2.45, 2.75) is 25.7 Å². The van der Waals surface area contributed by atoms with E-state index in [1.165, 1.54) is 12.7 Å². The molecular weight excluding hydrogens is 430 g/mol. The van der Waals surface area contributed by atoms with Crippen molar-refractivity contribution in [3.05, 3.63) is 66.5 Å². The molecule has 1 aromatic carbocycles. The molecule has 0 radical (unpaired) electrons. The van der Waals surface area contributed by atoms with Gasteiger partial charge < -0.3 is 15.4 Å². The maximum Gasteiger partial charge on any atom is 0.270 e. The molecule has 1 amide bonds. The second kappa shape index (κ2) is 9.78. The molecule has 2 N–H and O–H groups in total. The Labute approximate surface area is 198 Å². The average Bonchev–Trinajstić information content (AvgIpc) is 2.90. The first kappa shape index (κ1) is 23.0. The van der Waals surface area contributed by atoms with E-state index in [9.17, 15) is 4.79 Å². The number of benzene rings is 1. The Morgan fingerprint density at radius 2 is 1.88 bits per heavy atom. The van der Waals surface area contributed by atoms with Crippen molar-refractivity contribution in [2.24, 2.45) is 0 Å². The van der Waals surface area contributed by atoms with Crippen LogP contribution in [0.2, 0.25) is 0 Å². The third-order valence-electron chi connectivity index (χ3n) is 6.11. The van der Waals surface area contributed by atoms with Gasteiger partial charge in [-0.1, -0.05) is 32.0 Å². The largest absolute Gasteiger partial charge is 0.481 e. The molecule has 0 fully saturated rings. The van der Waals surface area contributed by atoms with Crippen LogP contribution in [0.1, 0.15) is 36.3 Å². The normalized spacial score (nSPS) is 12.7. The second-order valence-corrected chi connectivity index (χ2v) is 8.15. The number of carbonyl (C=O) groups excluding carboxylic acids is 1. The van der Waals surface area contributed by atoms with E-state index in [-0.39, 0.29) is 11.3 Å². The number of amides is 1. The molecule has 1 atom stereocenters. The van der Waals surface area contributed by atoms with Crippen LogP contribution in [-0.2, 0) is 5.41 Å². The lowest BCUT2D eigenvalue weighted by Gasteiger charge is -2.30. The van der Waals surface area contributed by atoms with E-state index in [1.807, 2.05) is 24.3 Å². The number of hydrogen-bond acceptors (Lipinski definition) is 8. The van der Waals surface area contributed by atoms with Gasteiger partial charge in [0.05, 0.1) is 18.3 Å². The number of fused-ring (bicyclic) bond motifs is 1. The van der Waals surface area contributed by atoms with E-state index >= 15 is 0 Å². The van der Waals surface area contributed by atoms with Crippen LogP contribution in [0.15, 0.2) is 55.2 Å². The Morgan fingerprint density at radius 1 is 1.06 bits per heavy atom. The summed E-state index contributed by atoms with van der Waals surface area (Å²) >= 11 is 0. The lowest BCUT2D eigenvalue weighted by molar-refractivity contribution is 0.0960.